The number of thioether (sulfide) groups is 1. The Morgan fingerprint density at radius 1 is 1.05 bits per heavy atom. The van der Waals surface area contributed by atoms with Gasteiger partial charge in [-0.15, -0.1) is 0 Å². The predicted molar refractivity (Wildman–Crippen MR) is 90.8 cm³/mol. The fourth-order valence-electron chi connectivity index (χ4n) is 1.43. The van der Waals surface area contributed by atoms with Gasteiger partial charge < -0.3 is 0 Å². The molecule has 0 saturated heterocycles. The van der Waals surface area contributed by atoms with Crippen molar-refractivity contribution in [3.63, 3.8) is 0 Å². The number of rotatable bonds is 3. The summed E-state index contributed by atoms with van der Waals surface area (Å²) in [5, 5.41) is 0.682. The molecule has 0 amide bonds. The first-order chi connectivity index (χ1) is 9.15. The van der Waals surface area contributed by atoms with Gasteiger partial charge in [0.2, 0.25) is 5.12 Å². The van der Waals surface area contributed by atoms with E-state index in [0.717, 1.165) is 14.0 Å². The van der Waals surface area contributed by atoms with E-state index in [2.05, 4.69) is 22.6 Å². The molecule has 0 fully saturated rings. The average Bonchev–Trinajstić information content (AvgIpc) is 2.42. The summed E-state index contributed by atoms with van der Waals surface area (Å²) < 4.78 is 0.935. The Morgan fingerprint density at radius 3 is 2.32 bits per heavy atom. The predicted octanol–water partition coefficient (Wildman–Crippen LogP) is 5.43. The summed E-state index contributed by atoms with van der Waals surface area (Å²) in [5.74, 6) is 0. The van der Waals surface area contributed by atoms with Gasteiger partial charge in [0.05, 0.1) is 0 Å². The molecule has 4 heteroatoms. The second kappa shape index (κ2) is 7.12. The van der Waals surface area contributed by atoms with Crippen LogP contribution in [0.2, 0.25) is 5.02 Å². The van der Waals surface area contributed by atoms with Crippen molar-refractivity contribution >= 4 is 54.6 Å². The first kappa shape index (κ1) is 14.6. The monoisotopic (exact) mass is 400 g/mol. The Labute approximate surface area is 135 Å². The van der Waals surface area contributed by atoms with Crippen LogP contribution in [0, 0.1) is 0 Å². The topological polar surface area (TPSA) is 17.1 Å². The molecule has 19 heavy (non-hydrogen) atoms. The van der Waals surface area contributed by atoms with Crippen molar-refractivity contribution in [2.75, 3.05) is 0 Å². The van der Waals surface area contributed by atoms with Crippen molar-refractivity contribution in [3.05, 3.63) is 71.3 Å². The largest absolute Gasteiger partial charge is 0.282 e. The molecule has 2 aromatic rings. The van der Waals surface area contributed by atoms with E-state index in [1.54, 1.807) is 18.2 Å². The van der Waals surface area contributed by atoms with Gasteiger partial charge in [0, 0.05) is 19.6 Å². The molecule has 0 unspecified atom stereocenters. The van der Waals surface area contributed by atoms with Crippen molar-refractivity contribution < 1.29 is 4.79 Å². The summed E-state index contributed by atoms with van der Waals surface area (Å²) in [6.45, 7) is 0. The van der Waals surface area contributed by atoms with Crippen molar-refractivity contribution in [2.45, 2.75) is 4.90 Å². The molecule has 0 spiro atoms. The van der Waals surface area contributed by atoms with Crippen LogP contribution in [0.3, 0.4) is 0 Å². The molecule has 2 rings (SSSR count). The van der Waals surface area contributed by atoms with Crippen LogP contribution in [0.1, 0.15) is 5.56 Å². The van der Waals surface area contributed by atoms with E-state index < -0.39 is 0 Å². The maximum atomic E-state index is 11.9. The van der Waals surface area contributed by atoms with E-state index >= 15 is 0 Å². The van der Waals surface area contributed by atoms with Gasteiger partial charge in [-0.05, 0) is 64.2 Å². The van der Waals surface area contributed by atoms with Crippen molar-refractivity contribution in [1.82, 2.24) is 0 Å². The minimum atomic E-state index is 0.00979. The average molecular weight is 401 g/mol. The van der Waals surface area contributed by atoms with Gasteiger partial charge in [-0.2, -0.15) is 0 Å². The Kier molecular flexibility index (Phi) is 5.48. The highest BCUT2D eigenvalue weighted by Crippen LogP contribution is 2.26. The highest BCUT2D eigenvalue weighted by atomic mass is 127. The quantitative estimate of drug-likeness (QED) is 0.388. The normalized spacial score (nSPS) is 11.4. The number of halogens is 2. The first-order valence-electron chi connectivity index (χ1n) is 5.55. The lowest BCUT2D eigenvalue weighted by Gasteiger charge is -2.00. The van der Waals surface area contributed by atoms with Crippen molar-refractivity contribution in [3.8, 4) is 0 Å². The van der Waals surface area contributed by atoms with Gasteiger partial charge in [-0.25, -0.2) is 0 Å². The number of hydrogen-bond acceptors (Lipinski definition) is 2. The molecule has 96 valence electrons. The minimum Gasteiger partial charge on any atom is -0.282 e. The Morgan fingerprint density at radius 2 is 1.68 bits per heavy atom. The highest BCUT2D eigenvalue weighted by Gasteiger charge is 2.04. The molecule has 0 radical (unpaired) electrons. The van der Waals surface area contributed by atoms with Crippen LogP contribution >= 0.6 is 46.0 Å². The maximum Gasteiger partial charge on any atom is 0.217 e. The van der Waals surface area contributed by atoms with Crippen molar-refractivity contribution in [1.29, 1.82) is 0 Å². The fraction of sp³-hybridized carbons (Fsp3) is 0. The highest BCUT2D eigenvalue weighted by molar-refractivity contribution is 14.1. The SMILES string of the molecule is O=C(/C=C(/I)c1ccccc1)Sc1ccc(Cl)cc1. The molecule has 0 atom stereocenters. The lowest BCUT2D eigenvalue weighted by atomic mass is 10.2. The summed E-state index contributed by atoms with van der Waals surface area (Å²) in [7, 11) is 0. The van der Waals surface area contributed by atoms with E-state index in [9.17, 15) is 4.79 Å². The number of carbonyl (C=O) groups excluding carboxylic acids is 1. The molecule has 0 heterocycles. The third-order valence-electron chi connectivity index (χ3n) is 2.33. The van der Waals surface area contributed by atoms with Gasteiger partial charge in [0.1, 0.15) is 0 Å². The summed E-state index contributed by atoms with van der Waals surface area (Å²) in [4.78, 5) is 12.8. The van der Waals surface area contributed by atoms with Crippen molar-refractivity contribution in [2.24, 2.45) is 0 Å². The molecular formula is C15H10ClIOS. The van der Waals surface area contributed by atoms with E-state index in [4.69, 9.17) is 11.6 Å². The second-order valence-corrected chi connectivity index (χ2v) is 6.41. The fourth-order valence-corrected chi connectivity index (χ4v) is 3.09. The van der Waals surface area contributed by atoms with Crippen LogP contribution < -0.4 is 0 Å². The molecule has 0 bridgehead atoms. The molecule has 2 aromatic carbocycles. The maximum absolute atomic E-state index is 11.9. The Bertz CT molecular complexity index is 593. The van der Waals surface area contributed by atoms with E-state index in [1.165, 1.54) is 11.8 Å². The zero-order chi connectivity index (χ0) is 13.7. The van der Waals surface area contributed by atoms with Crippen LogP contribution in [0.4, 0.5) is 0 Å². The number of hydrogen-bond donors (Lipinski definition) is 0. The number of carbonyl (C=O) groups is 1. The van der Waals surface area contributed by atoms with Crippen LogP contribution in [0.25, 0.3) is 3.58 Å². The zero-order valence-corrected chi connectivity index (χ0v) is 13.6. The van der Waals surface area contributed by atoms with Crippen LogP contribution in [-0.4, -0.2) is 5.12 Å². The van der Waals surface area contributed by atoms with Gasteiger partial charge in [-0.1, -0.05) is 41.9 Å². The molecule has 0 aromatic heterocycles. The van der Waals surface area contributed by atoms with E-state index in [0.29, 0.717) is 5.02 Å². The number of benzene rings is 2. The third kappa shape index (κ3) is 4.67. The minimum absolute atomic E-state index is 0.00979. The van der Waals surface area contributed by atoms with Gasteiger partial charge in [0.25, 0.3) is 0 Å². The molecule has 0 saturated carbocycles. The van der Waals surface area contributed by atoms with Gasteiger partial charge in [0.15, 0.2) is 0 Å². The first-order valence-corrected chi connectivity index (χ1v) is 7.82. The second-order valence-electron chi connectivity index (χ2n) is 3.73. The summed E-state index contributed by atoms with van der Waals surface area (Å²) in [6, 6.07) is 17.1. The van der Waals surface area contributed by atoms with Gasteiger partial charge >= 0.3 is 0 Å². The molecule has 1 nitrogen and oxygen atoms in total. The lowest BCUT2D eigenvalue weighted by molar-refractivity contribution is -0.107. The smallest absolute Gasteiger partial charge is 0.217 e. The summed E-state index contributed by atoms with van der Waals surface area (Å²) in [5.41, 5.74) is 1.05. The molecule has 0 N–H and O–H groups in total. The molecule has 0 aliphatic heterocycles. The zero-order valence-electron chi connectivity index (χ0n) is 9.85. The summed E-state index contributed by atoms with van der Waals surface area (Å²) in [6.07, 6.45) is 1.65. The van der Waals surface area contributed by atoms with Crippen LogP contribution in [0.15, 0.2) is 65.6 Å². The molecular weight excluding hydrogens is 391 g/mol. The van der Waals surface area contributed by atoms with E-state index in [-0.39, 0.29) is 5.12 Å². The van der Waals surface area contributed by atoms with Crippen LogP contribution in [-0.2, 0) is 4.79 Å². The summed E-state index contributed by atoms with van der Waals surface area (Å²) >= 11 is 9.18. The van der Waals surface area contributed by atoms with E-state index in [1.807, 2.05) is 42.5 Å². The van der Waals surface area contributed by atoms with Gasteiger partial charge in [-0.3, -0.25) is 4.79 Å². The Hall–Kier alpha value is -0.780. The Balaban J connectivity index is 2.07. The molecule has 0 aliphatic rings. The van der Waals surface area contributed by atoms with Crippen LogP contribution in [0.5, 0.6) is 0 Å². The molecule has 0 aliphatic carbocycles. The third-order valence-corrected chi connectivity index (χ3v) is 4.34. The standard InChI is InChI=1S/C15H10ClIOS/c16-12-6-8-13(9-7-12)19-15(18)10-14(17)11-4-2-1-3-5-11/h1-10H/b14-10+. The lowest BCUT2D eigenvalue weighted by Crippen LogP contribution is -1.86.